The molecule has 2 heterocycles. The van der Waals surface area contributed by atoms with Crippen LogP contribution in [-0.4, -0.2) is 45.5 Å². The van der Waals surface area contributed by atoms with Crippen molar-refractivity contribution in [2.45, 2.75) is 39.3 Å². The molecule has 1 atom stereocenters. The first kappa shape index (κ1) is 17.4. The van der Waals surface area contributed by atoms with Crippen molar-refractivity contribution in [3.63, 3.8) is 0 Å². The summed E-state index contributed by atoms with van der Waals surface area (Å²) in [5.74, 6) is 0.458. The highest BCUT2D eigenvalue weighted by Crippen LogP contribution is 2.22. The van der Waals surface area contributed by atoms with Crippen molar-refractivity contribution in [2.75, 3.05) is 11.6 Å². The van der Waals surface area contributed by atoms with Gasteiger partial charge in [-0.1, -0.05) is 6.92 Å². The van der Waals surface area contributed by atoms with Crippen molar-refractivity contribution in [2.24, 2.45) is 0 Å². The molecule has 1 aromatic heterocycles. The molecule has 1 saturated heterocycles. The number of carbonyl (C=O) groups is 3. The highest BCUT2D eigenvalue weighted by Gasteiger charge is 2.34. The lowest BCUT2D eigenvalue weighted by Gasteiger charge is -2.22. The van der Waals surface area contributed by atoms with Crippen LogP contribution >= 0.6 is 11.8 Å². The number of amides is 2. The first-order valence-electron chi connectivity index (χ1n) is 7.41. The van der Waals surface area contributed by atoms with Crippen LogP contribution in [0.25, 0.3) is 0 Å². The number of nitrogens with zero attached hydrogens (tertiary/aromatic N) is 1. The van der Waals surface area contributed by atoms with E-state index in [1.54, 1.807) is 23.6 Å². The Labute approximate surface area is 138 Å². The molecular weight excluding hydrogens is 320 g/mol. The Morgan fingerprint density at radius 1 is 1.48 bits per heavy atom. The number of hydrogen-bond acceptors (Lipinski definition) is 5. The first-order valence-corrected chi connectivity index (χ1v) is 8.57. The number of rotatable bonds is 6. The Morgan fingerprint density at radius 3 is 2.83 bits per heavy atom. The Morgan fingerprint density at radius 2 is 2.22 bits per heavy atom. The zero-order valence-electron chi connectivity index (χ0n) is 13.1. The van der Waals surface area contributed by atoms with Crippen LogP contribution < -0.4 is 5.32 Å². The van der Waals surface area contributed by atoms with Gasteiger partial charge in [0.15, 0.2) is 0 Å². The predicted molar refractivity (Wildman–Crippen MR) is 85.1 cm³/mol. The molecule has 1 aliphatic heterocycles. The number of carboxylic acids is 1. The van der Waals surface area contributed by atoms with E-state index in [0.717, 1.165) is 6.42 Å². The lowest BCUT2D eigenvalue weighted by molar-refractivity contribution is -0.138. The molecule has 2 N–H and O–H groups in total. The molecule has 0 aliphatic carbocycles. The second kappa shape index (κ2) is 7.54. The molecular formula is C15H20N2O5S. The number of thioether (sulfide) groups is 1. The number of carbonyl (C=O) groups excluding carboxylic acids is 2. The highest BCUT2D eigenvalue weighted by atomic mass is 32.2. The van der Waals surface area contributed by atoms with Crippen molar-refractivity contribution in [1.82, 2.24) is 10.2 Å². The van der Waals surface area contributed by atoms with E-state index in [0.29, 0.717) is 29.6 Å². The van der Waals surface area contributed by atoms with Crippen LogP contribution in [0, 0.1) is 6.92 Å². The normalized spacial score (nSPS) is 17.3. The van der Waals surface area contributed by atoms with Crippen molar-refractivity contribution >= 4 is 29.5 Å². The van der Waals surface area contributed by atoms with Gasteiger partial charge < -0.3 is 19.7 Å². The third-order valence-electron chi connectivity index (χ3n) is 3.61. The van der Waals surface area contributed by atoms with Gasteiger partial charge in [-0.15, -0.1) is 11.8 Å². The Kier molecular flexibility index (Phi) is 5.70. The minimum absolute atomic E-state index is 0.0142. The van der Waals surface area contributed by atoms with E-state index in [9.17, 15) is 14.4 Å². The van der Waals surface area contributed by atoms with Gasteiger partial charge >= 0.3 is 5.97 Å². The molecule has 2 rings (SSSR count). The lowest BCUT2D eigenvalue weighted by atomic mass is 10.2. The van der Waals surface area contributed by atoms with Crippen molar-refractivity contribution in [3.8, 4) is 0 Å². The number of aryl methyl sites for hydroxylation is 1. The van der Waals surface area contributed by atoms with Crippen LogP contribution in [0.15, 0.2) is 10.5 Å². The van der Waals surface area contributed by atoms with Crippen LogP contribution in [-0.2, 0) is 16.1 Å². The van der Waals surface area contributed by atoms with Gasteiger partial charge in [0.1, 0.15) is 23.1 Å². The SMILES string of the molecule is CCCC(=O)N1CSCC1C(=O)NCc1cc(C(=O)O)c(C)o1. The van der Waals surface area contributed by atoms with E-state index in [-0.39, 0.29) is 23.9 Å². The summed E-state index contributed by atoms with van der Waals surface area (Å²) in [7, 11) is 0. The lowest BCUT2D eigenvalue weighted by Crippen LogP contribution is -2.46. The summed E-state index contributed by atoms with van der Waals surface area (Å²) in [5, 5.41) is 11.7. The van der Waals surface area contributed by atoms with E-state index in [4.69, 9.17) is 9.52 Å². The average Bonchev–Trinajstić information content (AvgIpc) is 3.11. The molecule has 126 valence electrons. The molecule has 7 nitrogen and oxygen atoms in total. The van der Waals surface area contributed by atoms with Crippen molar-refractivity contribution in [3.05, 3.63) is 23.2 Å². The van der Waals surface area contributed by atoms with Gasteiger partial charge in [-0.25, -0.2) is 4.79 Å². The zero-order chi connectivity index (χ0) is 17.0. The molecule has 0 saturated carbocycles. The van der Waals surface area contributed by atoms with Gasteiger partial charge in [-0.05, 0) is 19.4 Å². The van der Waals surface area contributed by atoms with E-state index < -0.39 is 12.0 Å². The molecule has 0 spiro atoms. The second-order valence-corrected chi connectivity index (χ2v) is 6.33. The molecule has 1 aliphatic rings. The summed E-state index contributed by atoms with van der Waals surface area (Å²) in [6.07, 6.45) is 1.18. The minimum atomic E-state index is -1.06. The van der Waals surface area contributed by atoms with Crippen molar-refractivity contribution < 1.29 is 23.9 Å². The smallest absolute Gasteiger partial charge is 0.339 e. The van der Waals surface area contributed by atoms with E-state index in [2.05, 4.69) is 5.32 Å². The maximum absolute atomic E-state index is 12.3. The maximum Gasteiger partial charge on any atom is 0.339 e. The van der Waals surface area contributed by atoms with Gasteiger partial charge in [0.05, 0.1) is 12.4 Å². The molecule has 8 heteroatoms. The quantitative estimate of drug-likeness (QED) is 0.816. The standard InChI is InChI=1S/C15H20N2O5S/c1-3-4-13(18)17-8-23-7-12(17)14(19)16-6-10-5-11(15(20)21)9(2)22-10/h5,12H,3-4,6-8H2,1-2H3,(H,16,19)(H,20,21). The Balaban J connectivity index is 1.95. The van der Waals surface area contributed by atoms with Crippen LogP contribution in [0.2, 0.25) is 0 Å². The topological polar surface area (TPSA) is 99.9 Å². The molecule has 23 heavy (non-hydrogen) atoms. The molecule has 1 unspecified atom stereocenters. The summed E-state index contributed by atoms with van der Waals surface area (Å²) in [5.41, 5.74) is 0.0884. The number of furan rings is 1. The van der Waals surface area contributed by atoms with Gasteiger partial charge in [0.25, 0.3) is 0 Å². The second-order valence-electron chi connectivity index (χ2n) is 5.33. The van der Waals surface area contributed by atoms with E-state index in [1.165, 1.54) is 6.07 Å². The van der Waals surface area contributed by atoms with Gasteiger partial charge in [-0.2, -0.15) is 0 Å². The van der Waals surface area contributed by atoms with Gasteiger partial charge in [-0.3, -0.25) is 9.59 Å². The van der Waals surface area contributed by atoms with Crippen LogP contribution in [0.5, 0.6) is 0 Å². The number of hydrogen-bond donors (Lipinski definition) is 2. The highest BCUT2D eigenvalue weighted by molar-refractivity contribution is 7.99. The van der Waals surface area contributed by atoms with Gasteiger partial charge in [0.2, 0.25) is 11.8 Å². The Hall–Kier alpha value is -1.96. The van der Waals surface area contributed by atoms with Crippen molar-refractivity contribution in [1.29, 1.82) is 0 Å². The maximum atomic E-state index is 12.3. The molecule has 2 amide bonds. The third kappa shape index (κ3) is 4.07. The molecule has 0 bridgehead atoms. The molecule has 1 aromatic rings. The number of nitrogens with one attached hydrogen (secondary N) is 1. The average molecular weight is 340 g/mol. The van der Waals surface area contributed by atoms with Gasteiger partial charge in [0, 0.05) is 12.2 Å². The van der Waals surface area contributed by atoms with Crippen LogP contribution in [0.4, 0.5) is 0 Å². The fraction of sp³-hybridized carbons (Fsp3) is 0.533. The Bertz CT molecular complexity index is 613. The number of aromatic carboxylic acids is 1. The predicted octanol–water partition coefficient (Wildman–Crippen LogP) is 1.60. The minimum Gasteiger partial charge on any atom is -0.478 e. The molecule has 1 fully saturated rings. The fourth-order valence-electron chi connectivity index (χ4n) is 2.40. The monoisotopic (exact) mass is 340 g/mol. The summed E-state index contributed by atoms with van der Waals surface area (Å²) < 4.78 is 5.32. The number of carboxylic acid groups (broad SMARTS) is 1. The summed E-state index contributed by atoms with van der Waals surface area (Å²) >= 11 is 1.55. The van der Waals surface area contributed by atoms with Crippen LogP contribution in [0.3, 0.4) is 0 Å². The third-order valence-corrected chi connectivity index (χ3v) is 4.62. The first-order chi connectivity index (χ1) is 10.9. The zero-order valence-corrected chi connectivity index (χ0v) is 13.9. The summed E-state index contributed by atoms with van der Waals surface area (Å²) in [6, 6.07) is 0.926. The fourth-order valence-corrected chi connectivity index (χ4v) is 3.58. The molecule has 0 radical (unpaired) electrons. The van der Waals surface area contributed by atoms with E-state index in [1.807, 2.05) is 6.92 Å². The summed E-state index contributed by atoms with van der Waals surface area (Å²) in [6.45, 7) is 3.59. The largest absolute Gasteiger partial charge is 0.478 e. The molecule has 0 aromatic carbocycles. The van der Waals surface area contributed by atoms with E-state index >= 15 is 0 Å². The van der Waals surface area contributed by atoms with Crippen LogP contribution in [0.1, 0.15) is 41.6 Å². The summed E-state index contributed by atoms with van der Waals surface area (Å²) in [4.78, 5) is 36.9.